The number of aliphatic hydroxyl groups is 1. The summed E-state index contributed by atoms with van der Waals surface area (Å²) in [6.07, 6.45) is 4.61. The van der Waals surface area contributed by atoms with Gasteiger partial charge in [0.15, 0.2) is 0 Å². The van der Waals surface area contributed by atoms with Crippen molar-refractivity contribution in [2.24, 2.45) is 0 Å². The molecule has 0 saturated heterocycles. The molecule has 1 fully saturated rings. The first kappa shape index (κ1) is 13.9. The molecule has 0 amide bonds. The molecule has 0 spiro atoms. The van der Waals surface area contributed by atoms with Gasteiger partial charge in [-0.15, -0.1) is 0 Å². The summed E-state index contributed by atoms with van der Waals surface area (Å²) in [4.78, 5) is 0. The number of nitrogens with zero attached hydrogens (tertiary/aromatic N) is 1. The molecule has 0 bridgehead atoms. The van der Waals surface area contributed by atoms with Crippen molar-refractivity contribution < 1.29 is 13.5 Å². The Morgan fingerprint density at radius 3 is 2.44 bits per heavy atom. The lowest BCUT2D eigenvalue weighted by Crippen LogP contribution is -2.46. The molecule has 16 heavy (non-hydrogen) atoms. The maximum absolute atomic E-state index is 11.8. The second kappa shape index (κ2) is 5.95. The van der Waals surface area contributed by atoms with Crippen molar-refractivity contribution in [1.82, 2.24) is 9.03 Å². The summed E-state index contributed by atoms with van der Waals surface area (Å²) in [7, 11) is -1.82. The first-order valence-corrected chi connectivity index (χ1v) is 7.28. The molecule has 6 heteroatoms. The van der Waals surface area contributed by atoms with Gasteiger partial charge in [-0.05, 0) is 19.8 Å². The molecule has 1 saturated carbocycles. The number of rotatable bonds is 5. The molecule has 0 aromatic carbocycles. The molecule has 1 aliphatic carbocycles. The average Bonchev–Trinajstić information content (AvgIpc) is 2.27. The molecule has 0 heterocycles. The number of hydrogen-bond donors (Lipinski definition) is 2. The summed E-state index contributed by atoms with van der Waals surface area (Å²) in [6, 6.07) is 0.111. The third-order valence-electron chi connectivity index (χ3n) is 3.03. The van der Waals surface area contributed by atoms with Crippen LogP contribution in [0.2, 0.25) is 0 Å². The quantitative estimate of drug-likeness (QED) is 0.745. The Morgan fingerprint density at radius 1 is 1.38 bits per heavy atom. The van der Waals surface area contributed by atoms with Gasteiger partial charge in [-0.1, -0.05) is 19.3 Å². The van der Waals surface area contributed by atoms with Crippen LogP contribution in [0.15, 0.2) is 0 Å². The van der Waals surface area contributed by atoms with E-state index in [9.17, 15) is 8.42 Å². The Balaban J connectivity index is 2.53. The van der Waals surface area contributed by atoms with E-state index in [1.807, 2.05) is 0 Å². The monoisotopic (exact) mass is 250 g/mol. The zero-order chi connectivity index (χ0) is 12.2. The molecular formula is C10H22N2O3S. The summed E-state index contributed by atoms with van der Waals surface area (Å²) in [5.41, 5.74) is 0. The molecule has 0 aromatic rings. The van der Waals surface area contributed by atoms with Crippen LogP contribution in [0.5, 0.6) is 0 Å². The number of hydrogen-bond acceptors (Lipinski definition) is 3. The zero-order valence-corrected chi connectivity index (χ0v) is 10.8. The van der Waals surface area contributed by atoms with E-state index in [1.165, 1.54) is 10.7 Å². The van der Waals surface area contributed by atoms with Gasteiger partial charge in [0.05, 0.1) is 6.10 Å². The van der Waals surface area contributed by atoms with Gasteiger partial charge >= 0.3 is 0 Å². The third-order valence-corrected chi connectivity index (χ3v) is 4.62. The van der Waals surface area contributed by atoms with Crippen molar-refractivity contribution in [2.75, 3.05) is 13.6 Å². The second-order valence-corrected chi connectivity index (χ2v) is 6.33. The predicted octanol–water partition coefficient (Wildman–Crippen LogP) is 0.466. The van der Waals surface area contributed by atoms with E-state index in [4.69, 9.17) is 5.11 Å². The van der Waals surface area contributed by atoms with Gasteiger partial charge in [0.2, 0.25) is 0 Å². The Kier molecular flexibility index (Phi) is 5.17. The lowest BCUT2D eigenvalue weighted by Gasteiger charge is -2.30. The molecule has 2 N–H and O–H groups in total. The van der Waals surface area contributed by atoms with Crippen LogP contribution >= 0.6 is 0 Å². The molecule has 0 aromatic heterocycles. The summed E-state index contributed by atoms with van der Waals surface area (Å²) in [5, 5.41) is 9.06. The van der Waals surface area contributed by atoms with E-state index in [1.54, 1.807) is 14.0 Å². The highest BCUT2D eigenvalue weighted by molar-refractivity contribution is 7.87. The lowest BCUT2D eigenvalue weighted by molar-refractivity contribution is 0.196. The maximum atomic E-state index is 11.8. The van der Waals surface area contributed by atoms with E-state index in [0.29, 0.717) is 0 Å². The molecule has 0 aliphatic heterocycles. The van der Waals surface area contributed by atoms with Crippen molar-refractivity contribution >= 4 is 10.2 Å². The Labute approximate surface area is 98.0 Å². The fourth-order valence-electron chi connectivity index (χ4n) is 1.97. The molecular weight excluding hydrogens is 228 g/mol. The van der Waals surface area contributed by atoms with Gasteiger partial charge in [-0.25, -0.2) is 0 Å². The number of nitrogens with one attached hydrogen (secondary N) is 1. The van der Waals surface area contributed by atoms with E-state index in [0.717, 1.165) is 25.7 Å². The highest BCUT2D eigenvalue weighted by Gasteiger charge is 2.27. The van der Waals surface area contributed by atoms with Crippen LogP contribution in [-0.4, -0.2) is 43.6 Å². The highest BCUT2D eigenvalue weighted by Crippen LogP contribution is 2.22. The van der Waals surface area contributed by atoms with Crippen LogP contribution in [0.1, 0.15) is 39.0 Å². The second-order valence-electron chi connectivity index (χ2n) is 4.51. The van der Waals surface area contributed by atoms with Crippen LogP contribution in [-0.2, 0) is 10.2 Å². The fourth-order valence-corrected chi connectivity index (χ4v) is 3.23. The molecule has 0 radical (unpaired) electrons. The zero-order valence-electron chi connectivity index (χ0n) is 10.0. The van der Waals surface area contributed by atoms with Crippen LogP contribution < -0.4 is 4.72 Å². The van der Waals surface area contributed by atoms with Crippen molar-refractivity contribution in [2.45, 2.75) is 51.2 Å². The first-order valence-electron chi connectivity index (χ1n) is 5.84. The number of aliphatic hydroxyl groups excluding tert-OH is 1. The van der Waals surface area contributed by atoms with E-state index in [2.05, 4.69) is 4.72 Å². The van der Waals surface area contributed by atoms with Crippen molar-refractivity contribution in [3.63, 3.8) is 0 Å². The average molecular weight is 250 g/mol. The highest BCUT2D eigenvalue weighted by atomic mass is 32.2. The maximum Gasteiger partial charge on any atom is 0.279 e. The summed E-state index contributed by atoms with van der Waals surface area (Å²) < 4.78 is 27.5. The molecule has 96 valence electrons. The van der Waals surface area contributed by atoms with Crippen LogP contribution in [0, 0.1) is 0 Å². The fraction of sp³-hybridized carbons (Fsp3) is 1.00. The minimum atomic E-state index is -3.43. The standard InChI is InChI=1S/C10H22N2O3S/c1-9(13)8-11-16(14,15)12(2)10-6-4-3-5-7-10/h9-11,13H,3-8H2,1-2H3/t9-/m0/s1. The van der Waals surface area contributed by atoms with Crippen LogP contribution in [0.3, 0.4) is 0 Å². The molecule has 1 aliphatic rings. The third kappa shape index (κ3) is 4.01. The topological polar surface area (TPSA) is 69.6 Å². The first-order chi connectivity index (χ1) is 7.43. The molecule has 0 unspecified atom stereocenters. The molecule has 5 nitrogen and oxygen atoms in total. The molecule has 1 rings (SSSR count). The smallest absolute Gasteiger partial charge is 0.279 e. The van der Waals surface area contributed by atoms with Gasteiger partial charge in [0.25, 0.3) is 10.2 Å². The van der Waals surface area contributed by atoms with E-state index >= 15 is 0 Å². The van der Waals surface area contributed by atoms with Crippen molar-refractivity contribution in [3.8, 4) is 0 Å². The van der Waals surface area contributed by atoms with Gasteiger partial charge in [-0.3, -0.25) is 0 Å². The normalized spacial score (nSPS) is 21.2. The summed E-state index contributed by atoms with van der Waals surface area (Å²) in [5.74, 6) is 0. The van der Waals surface area contributed by atoms with Gasteiger partial charge in [0, 0.05) is 19.6 Å². The van der Waals surface area contributed by atoms with Crippen molar-refractivity contribution in [3.05, 3.63) is 0 Å². The Bertz CT molecular complexity index is 297. The minimum Gasteiger partial charge on any atom is -0.392 e. The largest absolute Gasteiger partial charge is 0.392 e. The van der Waals surface area contributed by atoms with Gasteiger partial charge in [-0.2, -0.15) is 17.4 Å². The van der Waals surface area contributed by atoms with Crippen LogP contribution in [0.25, 0.3) is 0 Å². The van der Waals surface area contributed by atoms with Crippen LogP contribution in [0.4, 0.5) is 0 Å². The lowest BCUT2D eigenvalue weighted by atomic mass is 9.96. The minimum absolute atomic E-state index is 0.0688. The Morgan fingerprint density at radius 2 is 1.94 bits per heavy atom. The summed E-state index contributed by atoms with van der Waals surface area (Å²) >= 11 is 0. The van der Waals surface area contributed by atoms with Gasteiger partial charge < -0.3 is 5.11 Å². The Hall–Kier alpha value is -0.170. The van der Waals surface area contributed by atoms with E-state index in [-0.39, 0.29) is 12.6 Å². The molecule has 1 atom stereocenters. The SMILES string of the molecule is C[C@H](O)CNS(=O)(=O)N(C)C1CCCCC1. The predicted molar refractivity (Wildman–Crippen MR) is 63.2 cm³/mol. The summed E-state index contributed by atoms with van der Waals surface area (Å²) in [6.45, 7) is 1.63. The van der Waals surface area contributed by atoms with Gasteiger partial charge in [0.1, 0.15) is 0 Å². The van der Waals surface area contributed by atoms with E-state index < -0.39 is 16.3 Å². The van der Waals surface area contributed by atoms with Crippen molar-refractivity contribution in [1.29, 1.82) is 0 Å².